The van der Waals surface area contributed by atoms with Crippen molar-refractivity contribution in [1.82, 2.24) is 0 Å². The zero-order valence-corrected chi connectivity index (χ0v) is 12.7. The van der Waals surface area contributed by atoms with E-state index in [-0.39, 0.29) is 11.3 Å². The van der Waals surface area contributed by atoms with Gasteiger partial charge in [-0.2, -0.15) is 13.2 Å². The predicted octanol–water partition coefficient (Wildman–Crippen LogP) is 5.20. The largest absolute Gasteiger partial charge is 0.416 e. The fraction of sp³-hybridized carbons (Fsp3) is 0.647. The highest BCUT2D eigenvalue weighted by molar-refractivity contribution is 5.27. The van der Waals surface area contributed by atoms with Crippen molar-refractivity contribution < 1.29 is 18.3 Å². The van der Waals surface area contributed by atoms with Gasteiger partial charge >= 0.3 is 6.18 Å². The molecule has 0 spiro atoms. The predicted molar refractivity (Wildman–Crippen MR) is 76.7 cm³/mol. The van der Waals surface area contributed by atoms with Crippen LogP contribution in [-0.4, -0.2) is 5.11 Å². The molecule has 0 aliphatic heterocycles. The summed E-state index contributed by atoms with van der Waals surface area (Å²) in [6.45, 7) is 6.40. The average Bonchev–Trinajstić information content (AvgIpc) is 2.36. The van der Waals surface area contributed by atoms with Gasteiger partial charge in [-0.1, -0.05) is 45.7 Å². The number of rotatable bonds is 2. The van der Waals surface area contributed by atoms with Crippen LogP contribution in [0.1, 0.15) is 57.3 Å². The molecule has 0 aromatic heterocycles. The van der Waals surface area contributed by atoms with E-state index in [9.17, 15) is 18.3 Å². The third kappa shape index (κ3) is 3.42. The zero-order valence-electron chi connectivity index (χ0n) is 12.7. The van der Waals surface area contributed by atoms with E-state index in [0.29, 0.717) is 11.5 Å². The van der Waals surface area contributed by atoms with E-state index >= 15 is 0 Å². The van der Waals surface area contributed by atoms with E-state index in [2.05, 4.69) is 20.8 Å². The van der Waals surface area contributed by atoms with Crippen molar-refractivity contribution in [2.45, 2.75) is 52.3 Å². The average molecular weight is 300 g/mol. The highest BCUT2D eigenvalue weighted by atomic mass is 19.4. The van der Waals surface area contributed by atoms with E-state index in [1.54, 1.807) is 0 Å². The van der Waals surface area contributed by atoms with Gasteiger partial charge in [0.2, 0.25) is 0 Å². The Balaban J connectivity index is 2.24. The second kappa shape index (κ2) is 5.64. The summed E-state index contributed by atoms with van der Waals surface area (Å²) >= 11 is 0. The van der Waals surface area contributed by atoms with Crippen LogP contribution in [0.5, 0.6) is 0 Å². The molecule has 1 aromatic rings. The number of aliphatic hydroxyl groups excluding tert-OH is 1. The maximum atomic E-state index is 12.6. The maximum Gasteiger partial charge on any atom is 0.416 e. The van der Waals surface area contributed by atoms with E-state index in [0.717, 1.165) is 31.4 Å². The van der Waals surface area contributed by atoms with Crippen molar-refractivity contribution in [3.8, 4) is 0 Å². The van der Waals surface area contributed by atoms with Crippen LogP contribution in [0.4, 0.5) is 13.2 Å². The van der Waals surface area contributed by atoms with Crippen LogP contribution in [0.25, 0.3) is 0 Å². The molecule has 1 saturated carbocycles. The van der Waals surface area contributed by atoms with Crippen molar-refractivity contribution in [1.29, 1.82) is 0 Å². The lowest BCUT2D eigenvalue weighted by molar-refractivity contribution is -0.137. The number of aliphatic hydroxyl groups is 1. The normalized spacial score (nSPS) is 27.4. The molecule has 4 heteroatoms. The Labute approximate surface area is 124 Å². The molecule has 1 N–H and O–H groups in total. The van der Waals surface area contributed by atoms with Crippen LogP contribution >= 0.6 is 0 Å². The second-order valence-corrected chi connectivity index (χ2v) is 6.95. The van der Waals surface area contributed by atoms with Gasteiger partial charge in [-0.25, -0.2) is 0 Å². The van der Waals surface area contributed by atoms with Gasteiger partial charge in [0, 0.05) is 0 Å². The molecular weight excluding hydrogens is 277 g/mol. The molecule has 1 fully saturated rings. The number of hydrogen-bond donors (Lipinski definition) is 1. The van der Waals surface area contributed by atoms with Crippen LogP contribution in [0.2, 0.25) is 0 Å². The smallest absolute Gasteiger partial charge is 0.388 e. The minimum absolute atomic E-state index is 0.000216. The molecule has 3 atom stereocenters. The minimum Gasteiger partial charge on any atom is -0.388 e. The molecule has 0 saturated heterocycles. The fourth-order valence-corrected chi connectivity index (χ4v) is 3.81. The topological polar surface area (TPSA) is 20.2 Å². The Hall–Kier alpha value is -1.03. The first-order chi connectivity index (χ1) is 9.63. The summed E-state index contributed by atoms with van der Waals surface area (Å²) in [5.74, 6) is 0.439. The first-order valence-corrected chi connectivity index (χ1v) is 7.48. The van der Waals surface area contributed by atoms with Crippen LogP contribution in [-0.2, 0) is 6.18 Å². The van der Waals surface area contributed by atoms with E-state index in [1.165, 1.54) is 12.1 Å². The zero-order chi connectivity index (χ0) is 15.8. The van der Waals surface area contributed by atoms with Crippen LogP contribution in [0.3, 0.4) is 0 Å². The van der Waals surface area contributed by atoms with Gasteiger partial charge in [-0.15, -0.1) is 0 Å². The molecule has 1 aromatic carbocycles. The summed E-state index contributed by atoms with van der Waals surface area (Å²) in [4.78, 5) is 0. The molecule has 2 rings (SSSR count). The summed E-state index contributed by atoms with van der Waals surface area (Å²) < 4.78 is 37.8. The number of alkyl halides is 3. The van der Waals surface area contributed by atoms with Gasteiger partial charge in [-0.05, 0) is 41.4 Å². The molecule has 0 radical (unpaired) electrons. The summed E-state index contributed by atoms with van der Waals surface area (Å²) in [6, 6.07) is 4.92. The monoisotopic (exact) mass is 300 g/mol. The van der Waals surface area contributed by atoms with Crippen molar-refractivity contribution in [2.75, 3.05) is 0 Å². The summed E-state index contributed by atoms with van der Waals surface area (Å²) in [6.07, 6.45) is -1.80. The summed E-state index contributed by atoms with van der Waals surface area (Å²) in [7, 11) is 0. The minimum atomic E-state index is -4.33. The Bertz CT molecular complexity index is 476. The number of hydrogen-bond acceptors (Lipinski definition) is 1. The Morgan fingerprint density at radius 3 is 2.24 bits per heavy atom. The van der Waals surface area contributed by atoms with Gasteiger partial charge in [-0.3, -0.25) is 0 Å². The van der Waals surface area contributed by atoms with Gasteiger partial charge in [0.15, 0.2) is 0 Å². The SMILES string of the molecule is C[C@H]1CCCC(C)(C)[C@@H]1C(O)c1ccc(C(F)(F)F)cc1. The van der Waals surface area contributed by atoms with Crippen LogP contribution in [0, 0.1) is 17.3 Å². The molecule has 0 heterocycles. The van der Waals surface area contributed by atoms with Gasteiger partial charge < -0.3 is 5.11 Å². The lowest BCUT2D eigenvalue weighted by atomic mass is 9.61. The van der Waals surface area contributed by atoms with E-state index in [4.69, 9.17) is 0 Å². The first kappa shape index (κ1) is 16.3. The quantitative estimate of drug-likeness (QED) is 0.795. The van der Waals surface area contributed by atoms with Crippen LogP contribution in [0.15, 0.2) is 24.3 Å². The molecule has 21 heavy (non-hydrogen) atoms. The lowest BCUT2D eigenvalue weighted by Gasteiger charge is -2.45. The van der Waals surface area contributed by atoms with Crippen LogP contribution < -0.4 is 0 Å². The molecule has 1 aliphatic rings. The Kier molecular flexibility index (Phi) is 4.39. The third-order valence-corrected chi connectivity index (χ3v) is 4.92. The molecular formula is C17H23F3O. The van der Waals surface area contributed by atoms with Gasteiger partial charge in [0.25, 0.3) is 0 Å². The highest BCUT2D eigenvalue weighted by Crippen LogP contribution is 2.49. The second-order valence-electron chi connectivity index (χ2n) is 6.95. The molecule has 0 amide bonds. The van der Waals surface area contributed by atoms with Crippen molar-refractivity contribution >= 4 is 0 Å². The summed E-state index contributed by atoms with van der Waals surface area (Å²) in [5.41, 5.74) is -0.0935. The number of benzene rings is 1. The molecule has 0 bridgehead atoms. The molecule has 1 nitrogen and oxygen atoms in total. The van der Waals surface area contributed by atoms with Crippen molar-refractivity contribution in [3.63, 3.8) is 0 Å². The van der Waals surface area contributed by atoms with Gasteiger partial charge in [0.1, 0.15) is 0 Å². The Morgan fingerprint density at radius 1 is 1.19 bits per heavy atom. The van der Waals surface area contributed by atoms with Crippen molar-refractivity contribution in [2.24, 2.45) is 17.3 Å². The molecule has 1 aliphatic carbocycles. The molecule has 118 valence electrons. The standard InChI is InChI=1S/C17H23F3O/c1-11-5-4-10-16(2,3)14(11)15(21)12-6-8-13(9-7-12)17(18,19)20/h6-9,11,14-15,21H,4-5,10H2,1-3H3/t11-,14-,15?/m0/s1. The van der Waals surface area contributed by atoms with Gasteiger partial charge in [0.05, 0.1) is 11.7 Å². The van der Waals surface area contributed by atoms with Crippen molar-refractivity contribution in [3.05, 3.63) is 35.4 Å². The third-order valence-electron chi connectivity index (χ3n) is 4.92. The fourth-order valence-electron chi connectivity index (χ4n) is 3.81. The lowest BCUT2D eigenvalue weighted by Crippen LogP contribution is -2.37. The molecule has 1 unspecified atom stereocenters. The van der Waals surface area contributed by atoms with E-state index in [1.807, 2.05) is 0 Å². The maximum absolute atomic E-state index is 12.6. The summed E-state index contributed by atoms with van der Waals surface area (Å²) in [5, 5.41) is 10.7. The number of halogens is 3. The first-order valence-electron chi connectivity index (χ1n) is 7.48. The highest BCUT2D eigenvalue weighted by Gasteiger charge is 2.41. The Morgan fingerprint density at radius 2 is 1.76 bits per heavy atom. The van der Waals surface area contributed by atoms with E-state index < -0.39 is 17.8 Å².